The maximum Gasteiger partial charge on any atom is 0.258 e. The number of benzene rings is 2. The van der Waals surface area contributed by atoms with E-state index >= 15 is 0 Å². The van der Waals surface area contributed by atoms with Crippen LogP contribution in [0.3, 0.4) is 0 Å². The normalized spacial score (nSPS) is 12.2. The van der Waals surface area contributed by atoms with Crippen LogP contribution in [0.15, 0.2) is 78.0 Å². The number of amides is 1. The molecule has 0 fully saturated rings. The van der Waals surface area contributed by atoms with E-state index in [9.17, 15) is 4.79 Å². The highest BCUT2D eigenvalue weighted by Crippen LogP contribution is 2.20. The van der Waals surface area contributed by atoms with Crippen LogP contribution in [0.4, 0.5) is 5.69 Å². The fraction of sp³-hybridized carbons (Fsp3) is 0.240. The first kappa shape index (κ1) is 22.0. The number of pyridine rings is 1. The number of anilines is 1. The predicted octanol–water partition coefficient (Wildman–Crippen LogP) is 5.00. The molecular weight excluding hydrogens is 388 g/mol. The molecule has 1 amide bonds. The van der Waals surface area contributed by atoms with Crippen molar-refractivity contribution in [2.45, 2.75) is 32.7 Å². The van der Waals surface area contributed by atoms with Gasteiger partial charge >= 0.3 is 0 Å². The van der Waals surface area contributed by atoms with Crippen molar-refractivity contribution in [1.82, 2.24) is 10.3 Å². The average molecular weight is 417 g/mol. The Morgan fingerprint density at radius 2 is 1.94 bits per heavy atom. The molecule has 1 aromatic heterocycles. The lowest BCUT2D eigenvalue weighted by Gasteiger charge is -2.14. The van der Waals surface area contributed by atoms with Crippen LogP contribution in [-0.2, 0) is 6.54 Å². The summed E-state index contributed by atoms with van der Waals surface area (Å²) in [6.45, 7) is 4.77. The number of hydrogen-bond donors (Lipinski definition) is 2. The van der Waals surface area contributed by atoms with Gasteiger partial charge in [-0.3, -0.25) is 15.1 Å². The molecule has 0 saturated heterocycles. The monoisotopic (exact) mass is 416 g/mol. The quantitative estimate of drug-likeness (QED) is 0.420. The molecule has 1 atom stereocenters. The number of nitrogens with one attached hydrogen (secondary N) is 2. The van der Waals surface area contributed by atoms with E-state index in [-0.39, 0.29) is 5.91 Å². The summed E-state index contributed by atoms with van der Waals surface area (Å²) < 4.78 is 5.22. The predicted molar refractivity (Wildman–Crippen MR) is 125 cm³/mol. The Morgan fingerprint density at radius 1 is 1.13 bits per heavy atom. The van der Waals surface area contributed by atoms with Crippen molar-refractivity contribution in [3.63, 3.8) is 0 Å². The molecular formula is C25H28N4O2. The molecule has 6 heteroatoms. The van der Waals surface area contributed by atoms with E-state index in [1.54, 1.807) is 43.8 Å². The van der Waals surface area contributed by atoms with Crippen molar-refractivity contribution in [3.8, 4) is 5.75 Å². The second kappa shape index (κ2) is 10.9. The molecule has 0 bridgehead atoms. The fourth-order valence-electron chi connectivity index (χ4n) is 2.98. The molecule has 0 aliphatic heterocycles. The Labute approximate surface area is 183 Å². The molecule has 31 heavy (non-hydrogen) atoms. The van der Waals surface area contributed by atoms with Crippen LogP contribution in [0.25, 0.3) is 0 Å². The molecule has 0 radical (unpaired) electrons. The Kier molecular flexibility index (Phi) is 7.76. The zero-order chi connectivity index (χ0) is 22.1. The second-order valence-corrected chi connectivity index (χ2v) is 7.27. The van der Waals surface area contributed by atoms with Gasteiger partial charge in [-0.2, -0.15) is 0 Å². The van der Waals surface area contributed by atoms with Gasteiger partial charge < -0.3 is 10.1 Å². The molecule has 2 aromatic carbocycles. The van der Waals surface area contributed by atoms with Crippen molar-refractivity contribution in [1.29, 1.82) is 0 Å². The number of aromatic nitrogens is 1. The van der Waals surface area contributed by atoms with Gasteiger partial charge in [0.25, 0.3) is 5.91 Å². The standard InChI is InChI=1S/C25H28N4O2/c1-4-18(2)20-10-12-22(13-11-20)28-25(27-17-19-7-6-14-26-16-19)29-24(30)21-8-5-9-23(15-21)31-3/h5-16,18H,4,17H2,1-3H3,(H2,27,28,29,30)/t18-/m1/s1. The van der Waals surface area contributed by atoms with Gasteiger partial charge in [0.05, 0.1) is 13.7 Å². The number of hydrogen-bond acceptors (Lipinski definition) is 4. The molecule has 3 rings (SSSR count). The highest BCUT2D eigenvalue weighted by atomic mass is 16.5. The van der Waals surface area contributed by atoms with Gasteiger partial charge in [0.1, 0.15) is 5.75 Å². The first-order valence-electron chi connectivity index (χ1n) is 10.3. The van der Waals surface area contributed by atoms with Crippen molar-refractivity contribution >= 4 is 17.6 Å². The zero-order valence-electron chi connectivity index (χ0n) is 18.1. The lowest BCUT2D eigenvalue weighted by molar-refractivity contribution is 0.0976. The van der Waals surface area contributed by atoms with Crippen LogP contribution >= 0.6 is 0 Å². The molecule has 160 valence electrons. The molecule has 2 N–H and O–H groups in total. The van der Waals surface area contributed by atoms with Gasteiger partial charge in [-0.05, 0) is 59.9 Å². The third kappa shape index (κ3) is 6.40. The minimum atomic E-state index is -0.271. The third-order valence-corrected chi connectivity index (χ3v) is 5.06. The van der Waals surface area contributed by atoms with E-state index in [2.05, 4.69) is 46.6 Å². The summed E-state index contributed by atoms with van der Waals surface area (Å²) in [5, 5.41) is 6.10. The Hall–Kier alpha value is -3.67. The Morgan fingerprint density at radius 3 is 2.61 bits per heavy atom. The van der Waals surface area contributed by atoms with Crippen LogP contribution in [0, 0.1) is 0 Å². The molecule has 3 aromatic rings. The Bertz CT molecular complexity index is 1020. The topological polar surface area (TPSA) is 75.6 Å². The van der Waals surface area contributed by atoms with E-state index in [1.165, 1.54) is 5.56 Å². The van der Waals surface area contributed by atoms with E-state index in [0.29, 0.717) is 29.7 Å². The first-order valence-corrected chi connectivity index (χ1v) is 10.3. The number of aliphatic imine (C=N–C) groups is 1. The number of guanidine groups is 1. The van der Waals surface area contributed by atoms with Gasteiger partial charge in [-0.1, -0.05) is 38.1 Å². The van der Waals surface area contributed by atoms with Crippen molar-refractivity contribution in [3.05, 3.63) is 89.7 Å². The molecule has 0 saturated carbocycles. The second-order valence-electron chi connectivity index (χ2n) is 7.27. The van der Waals surface area contributed by atoms with Crippen LogP contribution in [0.1, 0.15) is 47.7 Å². The molecule has 6 nitrogen and oxygen atoms in total. The molecule has 0 spiro atoms. The lowest BCUT2D eigenvalue weighted by atomic mass is 9.99. The highest BCUT2D eigenvalue weighted by molar-refractivity contribution is 6.10. The van der Waals surface area contributed by atoms with E-state index < -0.39 is 0 Å². The maximum absolute atomic E-state index is 12.8. The maximum atomic E-state index is 12.8. The largest absolute Gasteiger partial charge is 0.497 e. The molecule has 0 aliphatic rings. The highest BCUT2D eigenvalue weighted by Gasteiger charge is 2.11. The van der Waals surface area contributed by atoms with Crippen molar-refractivity contribution in [2.75, 3.05) is 12.4 Å². The third-order valence-electron chi connectivity index (χ3n) is 5.06. The smallest absolute Gasteiger partial charge is 0.258 e. The lowest BCUT2D eigenvalue weighted by Crippen LogP contribution is -2.36. The summed E-state index contributed by atoms with van der Waals surface area (Å²) in [7, 11) is 1.57. The zero-order valence-corrected chi connectivity index (χ0v) is 18.1. The summed E-state index contributed by atoms with van der Waals surface area (Å²) in [4.78, 5) is 21.5. The van der Waals surface area contributed by atoms with Gasteiger partial charge in [-0.25, -0.2) is 4.99 Å². The fourth-order valence-corrected chi connectivity index (χ4v) is 2.98. The number of nitrogens with zero attached hydrogens (tertiary/aromatic N) is 2. The summed E-state index contributed by atoms with van der Waals surface area (Å²) in [5.74, 6) is 1.22. The van der Waals surface area contributed by atoms with Crippen LogP contribution < -0.4 is 15.4 Å². The minimum absolute atomic E-state index is 0.271. The van der Waals surface area contributed by atoms with Crippen LogP contribution in [0.2, 0.25) is 0 Å². The SMILES string of the molecule is CC[C@@H](C)c1ccc(NC(=NCc2cccnc2)NC(=O)c2cccc(OC)c2)cc1. The summed E-state index contributed by atoms with van der Waals surface area (Å²) >= 11 is 0. The van der Waals surface area contributed by atoms with Gasteiger partial charge in [-0.15, -0.1) is 0 Å². The number of carbonyl (C=O) groups is 1. The number of carbonyl (C=O) groups excluding carboxylic acids is 1. The van der Waals surface area contributed by atoms with E-state index in [1.807, 2.05) is 24.3 Å². The summed E-state index contributed by atoms with van der Waals surface area (Å²) in [6, 6.07) is 19.0. The molecule has 0 unspecified atom stereocenters. The molecule has 0 aliphatic carbocycles. The van der Waals surface area contributed by atoms with E-state index in [4.69, 9.17) is 4.74 Å². The number of methoxy groups -OCH3 is 1. The van der Waals surface area contributed by atoms with Crippen LogP contribution in [-0.4, -0.2) is 24.0 Å². The number of rotatable bonds is 7. The number of ether oxygens (including phenoxy) is 1. The van der Waals surface area contributed by atoms with E-state index in [0.717, 1.165) is 17.7 Å². The van der Waals surface area contributed by atoms with Gasteiger partial charge in [0.2, 0.25) is 5.96 Å². The first-order chi connectivity index (χ1) is 15.1. The van der Waals surface area contributed by atoms with Gasteiger partial charge in [0.15, 0.2) is 0 Å². The average Bonchev–Trinajstić information content (AvgIpc) is 2.83. The Balaban J connectivity index is 1.79. The summed E-state index contributed by atoms with van der Waals surface area (Å²) in [6.07, 6.45) is 4.56. The van der Waals surface area contributed by atoms with Crippen molar-refractivity contribution in [2.24, 2.45) is 4.99 Å². The molecule has 1 heterocycles. The summed E-state index contributed by atoms with van der Waals surface area (Å²) in [5.41, 5.74) is 3.57. The van der Waals surface area contributed by atoms with Gasteiger partial charge in [0, 0.05) is 23.6 Å². The van der Waals surface area contributed by atoms with Crippen LogP contribution in [0.5, 0.6) is 5.75 Å². The van der Waals surface area contributed by atoms with Crippen molar-refractivity contribution < 1.29 is 9.53 Å². The minimum Gasteiger partial charge on any atom is -0.497 e.